The average Bonchev–Trinajstić information content (AvgIpc) is 3.55. The first kappa shape index (κ1) is 152. The largest absolute Gasteiger partial charge is 0.522 e. The maximum atomic E-state index is 12.4. The fraction of sp³-hybridized carbons (Fsp3) is 0.623. The second-order valence-corrected chi connectivity index (χ2v) is 21.4. The van der Waals surface area contributed by atoms with Gasteiger partial charge in [-0.2, -0.15) is 30.0 Å². The zero-order valence-electron chi connectivity index (χ0n) is 30.9. The van der Waals surface area contributed by atoms with Gasteiger partial charge in [0.05, 0.1) is 10.3 Å². The Kier molecular flexibility index (Phi) is 149. The average molecular weight is 1410 g/mol. The van der Waals surface area contributed by atoms with E-state index in [1.54, 1.807) is 12.1 Å². The molecule has 0 aliphatic carbocycles. The molecule has 2 N–H and O–H groups in total. The quantitative estimate of drug-likeness (QED) is 0.107. The van der Waals surface area contributed by atoms with Crippen molar-refractivity contribution in [3.63, 3.8) is 0 Å². The summed E-state index contributed by atoms with van der Waals surface area (Å²) in [5.74, 6) is 0.975. The lowest BCUT2D eigenvalue weighted by atomic mass is 9.81. The van der Waals surface area contributed by atoms with Crippen LogP contribution in [0.1, 0.15) is 192 Å². The van der Waals surface area contributed by atoms with Gasteiger partial charge >= 0.3 is 15.6 Å². The monoisotopic (exact) mass is 1410 g/mol. The third-order valence-corrected chi connectivity index (χ3v) is 13.8. The van der Waals surface area contributed by atoms with Crippen molar-refractivity contribution in [3.05, 3.63) is 102 Å². The van der Waals surface area contributed by atoms with Gasteiger partial charge in [0.15, 0.2) is 0 Å². The van der Waals surface area contributed by atoms with Crippen molar-refractivity contribution < 1.29 is 48.7 Å². The SMILES string of the molecule is Br.C.C.C.C.C.C.C.C.C.C.C.C.C.C.C.C.C.C.C.C.CPPN1CCC(C)(c2ccccc2)C1=O.CPPN1CCC(C)C1=O.Cc1ccc(S(=O)(=O)O)cc1.Cc1ccccc1.Cl.I.O=S(=O)(O)C(F)(F)F. The fourth-order valence-electron chi connectivity index (χ4n) is 4.47. The van der Waals surface area contributed by atoms with Gasteiger partial charge in [0, 0.05) is 35.8 Å². The van der Waals surface area contributed by atoms with Gasteiger partial charge in [-0.05, 0) is 64.6 Å². The summed E-state index contributed by atoms with van der Waals surface area (Å²) in [5.41, 5.74) is -2.38. The zero-order chi connectivity index (χ0) is 39.8. The summed E-state index contributed by atoms with van der Waals surface area (Å²) < 4.78 is 91.1. The van der Waals surface area contributed by atoms with Crippen LogP contribution in [0, 0.1) is 19.8 Å². The molecule has 2 fully saturated rings. The van der Waals surface area contributed by atoms with Crippen LogP contribution in [0.3, 0.4) is 0 Å². The number of aryl methyl sites for hydroxylation is 2. The Morgan fingerprint density at radius 1 is 0.573 bits per heavy atom. The molecule has 2 aliphatic heterocycles. The summed E-state index contributed by atoms with van der Waals surface area (Å²) in [7, 11) is -6.70. The molecule has 2 heterocycles. The van der Waals surface area contributed by atoms with Gasteiger partial charge in [-0.3, -0.25) is 18.7 Å². The molecular weight excluding hydrogens is 1280 g/mol. The lowest BCUT2D eigenvalue weighted by Crippen LogP contribution is -2.31. The van der Waals surface area contributed by atoms with Crippen LogP contribution in [0.2, 0.25) is 0 Å². The van der Waals surface area contributed by atoms with E-state index in [0.29, 0.717) is 26.2 Å². The predicted molar refractivity (Wildman–Crippen MR) is 378 cm³/mol. The van der Waals surface area contributed by atoms with Crippen LogP contribution < -0.4 is 0 Å². The molecule has 0 bridgehead atoms. The Balaban J connectivity index is -0.0000000203. The highest BCUT2D eigenvalue weighted by atomic mass is 127. The first-order chi connectivity index (χ1) is 24.1. The molecule has 75 heavy (non-hydrogen) atoms. The number of nitrogens with zero attached hydrogens (tertiary/aromatic N) is 2. The molecule has 0 radical (unpaired) electrons. The zero-order valence-corrected chi connectivity index (χ0v) is 41.4. The van der Waals surface area contributed by atoms with E-state index in [1.165, 1.54) is 17.7 Å². The van der Waals surface area contributed by atoms with Crippen LogP contribution in [-0.4, -0.2) is 79.0 Å². The minimum absolute atomic E-state index is 0. The van der Waals surface area contributed by atoms with Gasteiger partial charge in [-0.1, -0.05) is 256 Å². The highest BCUT2D eigenvalue weighted by Crippen LogP contribution is 2.46. The second-order valence-electron chi connectivity index (χ2n) is 11.7. The van der Waals surface area contributed by atoms with E-state index < -0.39 is 25.7 Å². The molecule has 0 saturated carbocycles. The molecule has 2 amide bonds. The smallest absolute Gasteiger partial charge is 0.321 e. The number of carbonyl (C=O) groups excluding carboxylic acids is 2. The van der Waals surface area contributed by atoms with E-state index in [4.69, 9.17) is 17.5 Å². The van der Waals surface area contributed by atoms with E-state index in [1.807, 2.05) is 59.6 Å². The summed E-state index contributed by atoms with van der Waals surface area (Å²) in [6.45, 7) is 14.2. The minimum atomic E-state index is -5.84. The first-order valence-corrected chi connectivity index (χ1v) is 25.5. The molecule has 22 heteroatoms. The van der Waals surface area contributed by atoms with E-state index >= 15 is 0 Å². The number of hydrogen-bond donors (Lipinski definition) is 2. The van der Waals surface area contributed by atoms with Crippen LogP contribution in [0.25, 0.3) is 0 Å². The van der Waals surface area contributed by atoms with Crippen LogP contribution in [-0.2, 0) is 35.2 Å². The van der Waals surface area contributed by atoms with Crippen molar-refractivity contribution in [2.24, 2.45) is 5.92 Å². The Morgan fingerprint density at radius 2 is 0.880 bits per heavy atom. The number of alkyl halides is 3. The number of hydrogen-bond acceptors (Lipinski definition) is 6. The topological polar surface area (TPSA) is 149 Å². The Labute approximate surface area is 511 Å². The lowest BCUT2D eigenvalue weighted by molar-refractivity contribution is -0.128. The van der Waals surface area contributed by atoms with Crippen LogP contribution >= 0.6 is 86.7 Å². The van der Waals surface area contributed by atoms with Crippen LogP contribution in [0.4, 0.5) is 13.2 Å². The van der Waals surface area contributed by atoms with Gasteiger partial charge < -0.3 is 9.34 Å². The summed E-state index contributed by atoms with van der Waals surface area (Å²) >= 11 is 0. The summed E-state index contributed by atoms with van der Waals surface area (Å²) in [5, 5.41) is 0. The third kappa shape index (κ3) is 56.5. The number of benzene rings is 3. The van der Waals surface area contributed by atoms with E-state index in [2.05, 4.69) is 51.4 Å². The molecule has 6 unspecified atom stereocenters. The normalized spacial score (nSPS) is 13.5. The Bertz CT molecular complexity index is 1790. The van der Waals surface area contributed by atoms with E-state index in [9.17, 15) is 31.2 Å². The summed E-state index contributed by atoms with van der Waals surface area (Å²) in [4.78, 5) is 23.5. The van der Waals surface area contributed by atoms with Crippen molar-refractivity contribution in [3.8, 4) is 0 Å². The highest BCUT2D eigenvalue weighted by Gasteiger charge is 2.45. The van der Waals surface area contributed by atoms with Gasteiger partial charge in [0.1, 0.15) is 0 Å². The van der Waals surface area contributed by atoms with Crippen LogP contribution in [0.5, 0.6) is 0 Å². The van der Waals surface area contributed by atoms with Crippen LogP contribution in [0.15, 0.2) is 89.8 Å². The molecule has 6 atom stereocenters. The van der Waals surface area contributed by atoms with E-state index in [-0.39, 0.29) is 212 Å². The fourth-order valence-corrected chi connectivity index (χ4v) is 9.56. The van der Waals surface area contributed by atoms with Crippen molar-refractivity contribution in [1.82, 2.24) is 9.34 Å². The van der Waals surface area contributed by atoms with Gasteiger partial charge in [-0.25, -0.2) is 0 Å². The highest BCUT2D eigenvalue weighted by molar-refractivity contribution is 14.0. The summed E-state index contributed by atoms with van der Waals surface area (Å²) in [6, 6.07) is 26.4. The maximum Gasteiger partial charge on any atom is 0.522 e. The van der Waals surface area contributed by atoms with Crippen molar-refractivity contribution in [2.75, 3.05) is 26.4 Å². The van der Waals surface area contributed by atoms with Gasteiger partial charge in [0.2, 0.25) is 11.8 Å². The minimum Gasteiger partial charge on any atom is -0.321 e. The number of rotatable bonds is 6. The maximum absolute atomic E-state index is 12.4. The summed E-state index contributed by atoms with van der Waals surface area (Å²) in [6.07, 6.45) is 2.02. The molecule has 3 aromatic carbocycles. The molecule has 474 valence electrons. The molecule has 2 saturated heterocycles. The Hall–Kier alpha value is -0.570. The first-order valence-electron chi connectivity index (χ1n) is 15.7. The number of halogens is 6. The lowest BCUT2D eigenvalue weighted by Gasteiger charge is -2.23. The molecule has 0 aromatic heterocycles. The number of carbonyl (C=O) groups is 2. The molecule has 5 rings (SSSR count). The predicted octanol–water partition coefficient (Wildman–Crippen LogP) is 22.6. The van der Waals surface area contributed by atoms with Gasteiger partial charge in [0.25, 0.3) is 10.1 Å². The van der Waals surface area contributed by atoms with Crippen molar-refractivity contribution >= 4 is 119 Å². The van der Waals surface area contributed by atoms with Gasteiger partial charge in [-0.15, -0.1) is 53.4 Å². The Morgan fingerprint density at radius 3 is 1.13 bits per heavy atom. The molecule has 2 aliphatic rings. The van der Waals surface area contributed by atoms with Crippen molar-refractivity contribution in [1.29, 1.82) is 0 Å². The molecule has 10 nitrogen and oxygen atoms in total. The van der Waals surface area contributed by atoms with E-state index in [0.717, 1.165) is 62.0 Å². The number of amides is 2. The van der Waals surface area contributed by atoms with Crippen molar-refractivity contribution in [2.45, 2.75) is 205 Å². The molecule has 0 spiro atoms. The third-order valence-electron chi connectivity index (χ3n) is 7.48. The standard InChI is InChI=1S/C12H17NOP2.C7H8O3S.C7H8.C6H13NOP2.CHF3O3S.20CH4.BrH.ClH.HI/c1-12(10-6-4-3-5-7-10)8-9-13(11(12)14)16-15-2;1-6-2-4-7(5-3-6)11(8,9)10;1-7-5-3-2-4-6-7;1-5-3-4-7(6(5)8)10-9-2;2-1(3,4)8(5,6)7;;;;;;;;;;;;;;;;;;;;;;;/h3-7,15-16H,8-9H2,1-2H3;2-5H,1H3,(H,8,9,10);2-6H,1H3;5,9-10H,3-4H2,1-2H3;(H,5,6,7);20*1H4;3*1H. The second kappa shape index (κ2) is 73.4. The molecule has 3 aromatic rings. The molecular formula is C53H130BrClF3IN2O8P4S2.